The van der Waals surface area contributed by atoms with Crippen LogP contribution >= 0.6 is 0 Å². The lowest BCUT2D eigenvalue weighted by molar-refractivity contribution is 0.104. The average molecular weight is 426 g/mol. The van der Waals surface area contributed by atoms with Gasteiger partial charge in [-0.1, -0.05) is 18.2 Å². The highest BCUT2D eigenvalue weighted by molar-refractivity contribution is 6.20. The lowest BCUT2D eigenvalue weighted by Crippen LogP contribution is -2.37. The summed E-state index contributed by atoms with van der Waals surface area (Å²) in [6, 6.07) is 15.9. The fourth-order valence-electron chi connectivity index (χ4n) is 3.99. The molecule has 0 amide bonds. The van der Waals surface area contributed by atoms with E-state index in [0.29, 0.717) is 54.2 Å². The van der Waals surface area contributed by atoms with Crippen molar-refractivity contribution in [3.63, 3.8) is 0 Å². The first-order chi connectivity index (χ1) is 15.6. The van der Waals surface area contributed by atoms with Crippen LogP contribution in [0.3, 0.4) is 0 Å². The van der Waals surface area contributed by atoms with Crippen LogP contribution < -0.4 is 4.90 Å². The Kier molecular flexibility index (Phi) is 5.13. The monoisotopic (exact) mass is 426 g/mol. The van der Waals surface area contributed by atoms with E-state index in [2.05, 4.69) is 9.88 Å². The molecule has 0 atom stereocenters. The molecule has 1 fully saturated rings. The highest BCUT2D eigenvalue weighted by Crippen LogP contribution is 2.28. The number of allylic oxidation sites excluding steroid dienone is 1. The lowest BCUT2D eigenvalue weighted by atomic mass is 10.0. The van der Waals surface area contributed by atoms with Crippen molar-refractivity contribution in [1.82, 2.24) is 9.97 Å². The molecule has 0 aliphatic carbocycles. The van der Waals surface area contributed by atoms with Gasteiger partial charge in [-0.15, -0.1) is 0 Å². The zero-order valence-electron chi connectivity index (χ0n) is 17.1. The number of carbonyl (C=O) groups excluding carboxylic acids is 1. The van der Waals surface area contributed by atoms with E-state index in [1.807, 2.05) is 36.4 Å². The van der Waals surface area contributed by atoms with E-state index in [1.54, 1.807) is 12.1 Å². The van der Waals surface area contributed by atoms with Gasteiger partial charge in [0, 0.05) is 46.7 Å². The maximum atomic E-state index is 13.5. The van der Waals surface area contributed by atoms with Crippen LogP contribution in [0.25, 0.3) is 27.9 Å². The smallest absolute Gasteiger partial charge is 0.205 e. The van der Waals surface area contributed by atoms with Gasteiger partial charge in [-0.2, -0.15) is 5.26 Å². The van der Waals surface area contributed by atoms with Crippen molar-refractivity contribution in [2.45, 2.75) is 0 Å². The third-order valence-electron chi connectivity index (χ3n) is 5.60. The van der Waals surface area contributed by atoms with Crippen LogP contribution in [0.15, 0.2) is 60.3 Å². The minimum Gasteiger partial charge on any atom is -0.378 e. The van der Waals surface area contributed by atoms with Gasteiger partial charge in [0.1, 0.15) is 23.3 Å². The molecule has 2 aromatic heterocycles. The summed E-state index contributed by atoms with van der Waals surface area (Å²) >= 11 is 0. The first-order valence-electron chi connectivity index (χ1n) is 10.3. The Hall–Kier alpha value is -4.02. The molecule has 0 spiro atoms. The Morgan fingerprint density at radius 2 is 2.00 bits per heavy atom. The summed E-state index contributed by atoms with van der Waals surface area (Å²) in [5.74, 6) is -0.105. The quantitative estimate of drug-likeness (QED) is 0.296. The zero-order chi connectivity index (χ0) is 22.1. The number of ether oxygens (including phenoxy) is 1. The van der Waals surface area contributed by atoms with Crippen LogP contribution in [-0.2, 0) is 4.74 Å². The summed E-state index contributed by atoms with van der Waals surface area (Å²) in [6.45, 7) is 2.53. The predicted molar refractivity (Wildman–Crippen MR) is 121 cm³/mol. The number of hydrogen-bond donors (Lipinski definition) is 1. The van der Waals surface area contributed by atoms with Crippen LogP contribution in [0.4, 0.5) is 10.2 Å². The maximum absolute atomic E-state index is 13.5. The summed E-state index contributed by atoms with van der Waals surface area (Å²) in [7, 11) is 0. The second-order valence-corrected chi connectivity index (χ2v) is 7.58. The first kappa shape index (κ1) is 19.9. The van der Waals surface area contributed by atoms with Crippen LogP contribution in [0, 0.1) is 17.1 Å². The van der Waals surface area contributed by atoms with Gasteiger partial charge in [0.15, 0.2) is 0 Å². The van der Waals surface area contributed by atoms with Gasteiger partial charge in [0.05, 0.1) is 18.7 Å². The Morgan fingerprint density at radius 1 is 1.19 bits per heavy atom. The highest BCUT2D eigenvalue weighted by atomic mass is 19.1. The van der Waals surface area contributed by atoms with Gasteiger partial charge < -0.3 is 14.6 Å². The van der Waals surface area contributed by atoms with E-state index in [4.69, 9.17) is 9.72 Å². The molecule has 3 heterocycles. The summed E-state index contributed by atoms with van der Waals surface area (Å²) < 4.78 is 19.0. The number of nitrogens with one attached hydrogen (secondary N) is 1. The summed E-state index contributed by atoms with van der Waals surface area (Å²) in [5, 5.41) is 11.3. The van der Waals surface area contributed by atoms with E-state index >= 15 is 0 Å². The van der Waals surface area contributed by atoms with E-state index in [9.17, 15) is 14.4 Å². The van der Waals surface area contributed by atoms with Gasteiger partial charge >= 0.3 is 0 Å². The number of carbonyl (C=O) groups is 1. The van der Waals surface area contributed by atoms with Crippen molar-refractivity contribution in [2.24, 2.45) is 0 Å². The average Bonchev–Trinajstić information content (AvgIpc) is 3.25. The molecule has 5 rings (SSSR count). The van der Waals surface area contributed by atoms with Gasteiger partial charge in [0.2, 0.25) is 5.78 Å². The van der Waals surface area contributed by atoms with Crippen LogP contribution in [0.5, 0.6) is 0 Å². The molecule has 1 aliphatic rings. The number of fused-ring (bicyclic) bond motifs is 2. The summed E-state index contributed by atoms with van der Waals surface area (Å²) in [6.07, 6.45) is 3.11. The number of aromatic nitrogens is 2. The molecule has 0 radical (unpaired) electrons. The molecule has 0 saturated carbocycles. The maximum Gasteiger partial charge on any atom is 0.205 e. The molecule has 1 saturated heterocycles. The summed E-state index contributed by atoms with van der Waals surface area (Å²) in [4.78, 5) is 23.1. The van der Waals surface area contributed by atoms with Gasteiger partial charge in [-0.25, -0.2) is 9.37 Å². The number of para-hydroxylation sites is 1. The number of rotatable bonds is 4. The molecular weight excluding hydrogens is 407 g/mol. The van der Waals surface area contributed by atoms with E-state index in [0.717, 1.165) is 10.9 Å². The molecule has 2 aromatic carbocycles. The molecule has 0 bridgehead atoms. The van der Waals surface area contributed by atoms with Crippen LogP contribution in [-0.4, -0.2) is 42.1 Å². The zero-order valence-corrected chi connectivity index (χ0v) is 17.1. The molecule has 6 nitrogen and oxygen atoms in total. The van der Waals surface area contributed by atoms with Gasteiger partial charge in [-0.05, 0) is 36.4 Å². The van der Waals surface area contributed by atoms with Crippen molar-refractivity contribution in [1.29, 1.82) is 5.26 Å². The van der Waals surface area contributed by atoms with Crippen molar-refractivity contribution in [3.8, 4) is 6.07 Å². The third-order valence-corrected chi connectivity index (χ3v) is 5.60. The van der Waals surface area contributed by atoms with Crippen molar-refractivity contribution < 1.29 is 13.9 Å². The number of benzene rings is 2. The second-order valence-electron chi connectivity index (χ2n) is 7.58. The number of H-pyrrole nitrogens is 1. The SMILES string of the molecule is N#C/C(=C/c1cc2ccccc2nc1N1CCOCC1)C(=O)c1c[nH]c2cc(F)ccc12. The fourth-order valence-corrected chi connectivity index (χ4v) is 3.99. The molecule has 1 aliphatic heterocycles. The molecule has 158 valence electrons. The minimum atomic E-state index is -0.425. The third kappa shape index (κ3) is 3.61. The Bertz CT molecular complexity index is 1410. The number of aromatic amines is 1. The van der Waals surface area contributed by atoms with Gasteiger partial charge in [-0.3, -0.25) is 4.79 Å². The number of ketones is 1. The van der Waals surface area contributed by atoms with E-state index in [1.165, 1.54) is 18.3 Å². The molecule has 7 heteroatoms. The van der Waals surface area contributed by atoms with E-state index in [-0.39, 0.29) is 5.57 Å². The number of pyridine rings is 1. The largest absolute Gasteiger partial charge is 0.378 e. The Morgan fingerprint density at radius 3 is 2.81 bits per heavy atom. The number of nitriles is 1. The molecular formula is C25H19FN4O2. The molecule has 0 unspecified atom stereocenters. The number of hydrogen-bond acceptors (Lipinski definition) is 5. The Labute approximate surface area is 183 Å². The normalized spacial score (nSPS) is 14.6. The topological polar surface area (TPSA) is 82.0 Å². The molecule has 4 aromatic rings. The fraction of sp³-hybridized carbons (Fsp3) is 0.160. The predicted octanol–water partition coefficient (Wildman–Crippen LogP) is 4.48. The lowest BCUT2D eigenvalue weighted by Gasteiger charge is -2.29. The summed E-state index contributed by atoms with van der Waals surface area (Å²) in [5.41, 5.74) is 2.36. The highest BCUT2D eigenvalue weighted by Gasteiger charge is 2.20. The van der Waals surface area contributed by atoms with Crippen molar-refractivity contribution in [3.05, 3.63) is 77.2 Å². The van der Waals surface area contributed by atoms with Crippen LogP contribution in [0.1, 0.15) is 15.9 Å². The first-order valence-corrected chi connectivity index (χ1v) is 10.3. The number of halogens is 1. The number of anilines is 1. The number of morpholine rings is 1. The molecule has 32 heavy (non-hydrogen) atoms. The minimum absolute atomic E-state index is 0.0122. The Balaban J connectivity index is 1.62. The molecule has 1 N–H and O–H groups in total. The van der Waals surface area contributed by atoms with Crippen molar-refractivity contribution >= 4 is 39.5 Å². The van der Waals surface area contributed by atoms with Crippen molar-refractivity contribution in [2.75, 3.05) is 31.2 Å². The van der Waals surface area contributed by atoms with Crippen LogP contribution in [0.2, 0.25) is 0 Å². The van der Waals surface area contributed by atoms with E-state index < -0.39 is 11.6 Å². The standard InChI is InChI=1S/C25H19FN4O2/c26-19-5-6-20-21(15-28-23(20)13-19)24(31)18(14-27)12-17-11-16-3-1-2-4-22(16)29-25(17)30-7-9-32-10-8-30/h1-6,11-13,15,28H,7-10H2/b18-12-. The number of Topliss-reactive ketones (excluding diaryl/α,β-unsaturated/α-hetero) is 1. The van der Waals surface area contributed by atoms with Gasteiger partial charge in [0.25, 0.3) is 0 Å². The number of nitrogens with zero attached hydrogens (tertiary/aromatic N) is 3. The second kappa shape index (κ2) is 8.25.